The zero-order valence-corrected chi connectivity index (χ0v) is 29.4. The fraction of sp³-hybridized carbons (Fsp3) is 0.571. The third-order valence-corrected chi connectivity index (χ3v) is 10.1. The summed E-state index contributed by atoms with van der Waals surface area (Å²) < 4.78 is 7.83. The summed E-state index contributed by atoms with van der Waals surface area (Å²) in [6, 6.07) is 5.58. The molecule has 2 fully saturated rings. The summed E-state index contributed by atoms with van der Waals surface area (Å²) in [5, 5.41) is 17.2. The van der Waals surface area contributed by atoms with Gasteiger partial charge in [-0.05, 0) is 70.1 Å². The van der Waals surface area contributed by atoms with Crippen molar-refractivity contribution in [1.29, 1.82) is 0 Å². The Balaban J connectivity index is 1.15. The van der Waals surface area contributed by atoms with Gasteiger partial charge in [-0.1, -0.05) is 26.2 Å². The van der Waals surface area contributed by atoms with Crippen LogP contribution in [0.25, 0.3) is 5.69 Å². The van der Waals surface area contributed by atoms with Crippen LogP contribution in [0.5, 0.6) is 5.75 Å². The molecular formula is C35H52N12O2. The minimum atomic E-state index is -0.126. The molecule has 2 aliphatic heterocycles. The van der Waals surface area contributed by atoms with Gasteiger partial charge in [0.05, 0.1) is 25.0 Å². The number of nitrogens with one attached hydrogen (secondary N) is 2. The normalized spacial score (nSPS) is 18.9. The summed E-state index contributed by atoms with van der Waals surface area (Å²) in [6.45, 7) is 10.1. The smallest absolute Gasteiger partial charge is 0.251 e. The van der Waals surface area contributed by atoms with Crippen LogP contribution in [0.15, 0.2) is 36.3 Å². The van der Waals surface area contributed by atoms with Gasteiger partial charge in [0.15, 0.2) is 11.6 Å². The predicted molar refractivity (Wildman–Crippen MR) is 191 cm³/mol. The Labute approximate surface area is 289 Å². The minimum Gasteiger partial charge on any atom is -0.495 e. The monoisotopic (exact) mass is 672 g/mol. The van der Waals surface area contributed by atoms with Gasteiger partial charge in [-0.2, -0.15) is 4.98 Å². The van der Waals surface area contributed by atoms with E-state index in [-0.39, 0.29) is 18.0 Å². The standard InChI is InChI=1S/C35H52N12O2/c1-5-29-33-43-42-23(3)47(33)30-19-38-35(41-32(30)46(29)20-24-10-8-7-9-11-24)40-28-13-12-25(18-31(28)49-4)34(48)39-27-14-16-44(17-15-27)21-26(36)22-45(37)6-2/h12-13,18-19,22,24,27,29H,5-11,14-17,20-21,36-37H2,1-4H3,(H,39,48)(H,38,40,41)/b26-22-. The second-order valence-electron chi connectivity index (χ2n) is 13.5. The van der Waals surface area contributed by atoms with Gasteiger partial charge < -0.3 is 31.0 Å². The Morgan fingerprint density at radius 3 is 2.61 bits per heavy atom. The topological polar surface area (TPSA) is 169 Å². The Morgan fingerprint density at radius 2 is 1.90 bits per heavy atom. The SMILES string of the molecule is CCC1c2nnc(C)n2-c2cnc(Nc3ccc(C(=O)NC4CCN(C/C(N)=C/N(N)CC)CC4)cc3OC)nc2N1CC1CCCCC1. The van der Waals surface area contributed by atoms with Crippen LogP contribution in [-0.2, 0) is 0 Å². The molecule has 14 nitrogen and oxygen atoms in total. The van der Waals surface area contributed by atoms with Gasteiger partial charge in [-0.3, -0.25) is 14.3 Å². The molecule has 3 aliphatic rings. The Kier molecular flexibility index (Phi) is 10.8. The molecule has 1 unspecified atom stereocenters. The lowest BCUT2D eigenvalue weighted by molar-refractivity contribution is 0.0913. The van der Waals surface area contributed by atoms with E-state index in [0.29, 0.717) is 42.0 Å². The molecule has 1 saturated carbocycles. The summed E-state index contributed by atoms with van der Waals surface area (Å²) in [6.07, 6.45) is 12.6. The molecule has 1 saturated heterocycles. The highest BCUT2D eigenvalue weighted by Crippen LogP contribution is 2.41. The summed E-state index contributed by atoms with van der Waals surface area (Å²) >= 11 is 0. The maximum absolute atomic E-state index is 13.3. The fourth-order valence-electron chi connectivity index (χ4n) is 7.40. The van der Waals surface area contributed by atoms with Crippen LogP contribution in [0.1, 0.15) is 93.3 Å². The number of hydrogen-bond donors (Lipinski definition) is 4. The molecule has 1 amide bonds. The number of nitrogens with zero attached hydrogens (tertiary/aromatic N) is 8. The molecule has 0 spiro atoms. The number of benzene rings is 1. The van der Waals surface area contributed by atoms with Crippen LogP contribution in [0.4, 0.5) is 17.5 Å². The largest absolute Gasteiger partial charge is 0.495 e. The maximum atomic E-state index is 13.3. The number of aryl methyl sites for hydroxylation is 1. The van der Waals surface area contributed by atoms with Crippen molar-refractivity contribution in [3.05, 3.63) is 53.5 Å². The third-order valence-electron chi connectivity index (χ3n) is 10.1. The first-order valence-electron chi connectivity index (χ1n) is 17.8. The van der Waals surface area contributed by atoms with E-state index in [1.807, 2.05) is 26.1 Å². The van der Waals surface area contributed by atoms with E-state index in [9.17, 15) is 4.79 Å². The highest BCUT2D eigenvalue weighted by atomic mass is 16.5. The van der Waals surface area contributed by atoms with Crippen LogP contribution >= 0.6 is 0 Å². The third kappa shape index (κ3) is 7.75. The van der Waals surface area contributed by atoms with Crippen LogP contribution in [-0.4, -0.2) is 86.4 Å². The number of ether oxygens (including phenoxy) is 1. The van der Waals surface area contributed by atoms with Crippen molar-refractivity contribution in [3.8, 4) is 11.4 Å². The highest BCUT2D eigenvalue weighted by molar-refractivity contribution is 5.95. The van der Waals surface area contributed by atoms with E-state index in [1.165, 1.54) is 32.1 Å². The second kappa shape index (κ2) is 15.4. The van der Waals surface area contributed by atoms with Crippen molar-refractivity contribution in [2.75, 3.05) is 50.1 Å². The number of hydrazine groups is 1. The van der Waals surface area contributed by atoms with Crippen LogP contribution in [0.3, 0.4) is 0 Å². The molecule has 4 heterocycles. The van der Waals surface area contributed by atoms with Crippen molar-refractivity contribution in [2.24, 2.45) is 17.5 Å². The van der Waals surface area contributed by atoms with Gasteiger partial charge in [0.25, 0.3) is 5.91 Å². The van der Waals surface area contributed by atoms with Crippen LogP contribution < -0.4 is 31.8 Å². The van der Waals surface area contributed by atoms with Gasteiger partial charge in [0.2, 0.25) is 5.95 Å². The summed E-state index contributed by atoms with van der Waals surface area (Å²) in [5.41, 5.74) is 9.00. The van der Waals surface area contributed by atoms with E-state index < -0.39 is 0 Å². The molecular weight excluding hydrogens is 620 g/mol. The quantitative estimate of drug-likeness (QED) is 0.160. The Morgan fingerprint density at radius 1 is 1.12 bits per heavy atom. The van der Waals surface area contributed by atoms with Crippen molar-refractivity contribution in [3.63, 3.8) is 0 Å². The van der Waals surface area contributed by atoms with Gasteiger partial charge >= 0.3 is 0 Å². The van der Waals surface area contributed by atoms with Crippen LogP contribution in [0, 0.1) is 12.8 Å². The van der Waals surface area contributed by atoms with Crippen molar-refractivity contribution < 1.29 is 9.53 Å². The van der Waals surface area contributed by atoms with E-state index >= 15 is 0 Å². The zero-order valence-electron chi connectivity index (χ0n) is 29.4. The average molecular weight is 673 g/mol. The van der Waals surface area contributed by atoms with E-state index in [4.69, 9.17) is 26.3 Å². The van der Waals surface area contributed by atoms with Gasteiger partial charge in [0, 0.05) is 56.2 Å². The first-order chi connectivity index (χ1) is 23.8. The zero-order chi connectivity index (χ0) is 34.5. The molecule has 3 aromatic rings. The lowest BCUT2D eigenvalue weighted by Crippen LogP contribution is -2.45. The van der Waals surface area contributed by atoms with E-state index in [1.54, 1.807) is 30.5 Å². The number of carbonyl (C=O) groups excluding carboxylic acids is 1. The lowest BCUT2D eigenvalue weighted by atomic mass is 9.88. The van der Waals surface area contributed by atoms with Crippen LogP contribution in [0.2, 0.25) is 0 Å². The molecule has 14 heteroatoms. The van der Waals surface area contributed by atoms with Gasteiger partial charge in [-0.15, -0.1) is 10.2 Å². The number of nitrogens with two attached hydrogens (primary N) is 2. The molecule has 1 atom stereocenters. The van der Waals surface area contributed by atoms with E-state index in [0.717, 1.165) is 67.7 Å². The number of hydrogen-bond acceptors (Lipinski definition) is 12. The molecule has 6 N–H and O–H groups in total. The highest BCUT2D eigenvalue weighted by Gasteiger charge is 2.36. The number of amides is 1. The number of rotatable bonds is 12. The Bertz CT molecular complexity index is 1630. The number of anilines is 3. The molecule has 49 heavy (non-hydrogen) atoms. The maximum Gasteiger partial charge on any atom is 0.251 e. The molecule has 0 radical (unpaired) electrons. The fourth-order valence-corrected chi connectivity index (χ4v) is 7.40. The molecule has 6 rings (SSSR count). The lowest BCUT2D eigenvalue weighted by Gasteiger charge is -2.39. The number of carbonyl (C=O) groups is 1. The van der Waals surface area contributed by atoms with Gasteiger partial charge in [0.1, 0.15) is 17.3 Å². The van der Waals surface area contributed by atoms with Gasteiger partial charge in [-0.25, -0.2) is 10.8 Å². The molecule has 264 valence electrons. The van der Waals surface area contributed by atoms with Crippen molar-refractivity contribution in [2.45, 2.75) is 84.2 Å². The molecule has 0 bridgehead atoms. The number of methoxy groups -OCH3 is 1. The summed E-state index contributed by atoms with van der Waals surface area (Å²) in [4.78, 5) is 27.8. The second-order valence-corrected chi connectivity index (χ2v) is 13.5. The van der Waals surface area contributed by atoms with Crippen molar-refractivity contribution in [1.82, 2.24) is 40.0 Å². The summed E-state index contributed by atoms with van der Waals surface area (Å²) in [7, 11) is 1.60. The molecule has 1 aromatic carbocycles. The number of aromatic nitrogens is 5. The minimum absolute atomic E-state index is 0.0795. The first kappa shape index (κ1) is 34.4. The summed E-state index contributed by atoms with van der Waals surface area (Å²) in [5.74, 6) is 9.99. The number of piperidine rings is 1. The number of fused-ring (bicyclic) bond motifs is 3. The number of likely N-dealkylation sites (tertiary alicyclic amines) is 1. The molecule has 1 aliphatic carbocycles. The molecule has 2 aromatic heterocycles. The Hall–Kier alpha value is -4.43. The van der Waals surface area contributed by atoms with E-state index in [2.05, 4.69) is 42.1 Å². The first-order valence-corrected chi connectivity index (χ1v) is 17.8. The average Bonchev–Trinajstić information content (AvgIpc) is 3.50. The predicted octanol–water partition coefficient (Wildman–Crippen LogP) is 4.16. The van der Waals surface area contributed by atoms with Crippen molar-refractivity contribution >= 4 is 23.4 Å².